The second kappa shape index (κ2) is 6.08. The molecular formula is C11H22N2O2. The molecule has 2 N–H and O–H groups in total. The molecule has 88 valence electrons. The highest BCUT2D eigenvalue weighted by Gasteiger charge is 2.21. The Balaban J connectivity index is 2.11. The van der Waals surface area contributed by atoms with Crippen LogP contribution in [0.25, 0.3) is 0 Å². The molecule has 0 aromatic heterocycles. The average Bonchev–Trinajstić information content (AvgIpc) is 2.50. The molecule has 1 fully saturated rings. The molecule has 0 saturated carbocycles. The van der Waals surface area contributed by atoms with Gasteiger partial charge in [-0.2, -0.15) is 0 Å². The standard InChI is InChI=1S/C11H22N2O2/c1-9(2)7-13-6-4-10(8-13)12-5-3-11(14)15/h9-10,12H,3-8H2,1-2H3,(H,14,15). The summed E-state index contributed by atoms with van der Waals surface area (Å²) in [5, 5.41) is 11.8. The first-order valence-corrected chi connectivity index (χ1v) is 5.75. The van der Waals surface area contributed by atoms with Gasteiger partial charge in [0.15, 0.2) is 0 Å². The van der Waals surface area contributed by atoms with Gasteiger partial charge < -0.3 is 15.3 Å². The predicted molar refractivity (Wildman–Crippen MR) is 59.9 cm³/mol. The molecule has 1 aliphatic rings. The van der Waals surface area contributed by atoms with Gasteiger partial charge in [0, 0.05) is 25.7 Å². The second-order valence-corrected chi connectivity index (χ2v) is 4.74. The van der Waals surface area contributed by atoms with Gasteiger partial charge in [-0.05, 0) is 18.9 Å². The number of rotatable bonds is 6. The van der Waals surface area contributed by atoms with E-state index in [9.17, 15) is 4.79 Å². The van der Waals surface area contributed by atoms with Crippen LogP contribution in [0.1, 0.15) is 26.7 Å². The lowest BCUT2D eigenvalue weighted by atomic mass is 10.2. The highest BCUT2D eigenvalue weighted by Crippen LogP contribution is 2.11. The summed E-state index contributed by atoms with van der Waals surface area (Å²) in [4.78, 5) is 12.8. The Morgan fingerprint density at radius 2 is 2.33 bits per heavy atom. The molecule has 0 radical (unpaired) electrons. The Morgan fingerprint density at radius 1 is 1.60 bits per heavy atom. The maximum Gasteiger partial charge on any atom is 0.304 e. The Bertz CT molecular complexity index is 207. The van der Waals surface area contributed by atoms with E-state index in [1.807, 2.05) is 0 Å². The molecule has 1 rings (SSSR count). The molecule has 4 heteroatoms. The summed E-state index contributed by atoms with van der Waals surface area (Å²) in [6.07, 6.45) is 1.37. The van der Waals surface area contributed by atoms with Crippen molar-refractivity contribution in [1.82, 2.24) is 10.2 Å². The smallest absolute Gasteiger partial charge is 0.304 e. The van der Waals surface area contributed by atoms with Crippen molar-refractivity contribution in [3.8, 4) is 0 Å². The van der Waals surface area contributed by atoms with Crippen LogP contribution in [0.4, 0.5) is 0 Å². The third-order valence-corrected chi connectivity index (χ3v) is 2.67. The maximum absolute atomic E-state index is 10.3. The lowest BCUT2D eigenvalue weighted by molar-refractivity contribution is -0.136. The molecule has 1 atom stereocenters. The number of carboxylic acids is 1. The van der Waals surface area contributed by atoms with Crippen molar-refractivity contribution in [1.29, 1.82) is 0 Å². The van der Waals surface area contributed by atoms with Crippen LogP contribution in [-0.2, 0) is 4.79 Å². The molecule has 0 bridgehead atoms. The zero-order valence-corrected chi connectivity index (χ0v) is 9.70. The quantitative estimate of drug-likeness (QED) is 0.686. The Labute approximate surface area is 91.6 Å². The lowest BCUT2D eigenvalue weighted by Crippen LogP contribution is -2.34. The molecule has 15 heavy (non-hydrogen) atoms. The minimum atomic E-state index is -0.723. The predicted octanol–water partition coefficient (Wildman–Crippen LogP) is 0.781. The van der Waals surface area contributed by atoms with Gasteiger partial charge in [-0.15, -0.1) is 0 Å². The van der Waals surface area contributed by atoms with Crippen LogP contribution in [0.2, 0.25) is 0 Å². The van der Waals surface area contributed by atoms with Gasteiger partial charge in [-0.3, -0.25) is 4.79 Å². The second-order valence-electron chi connectivity index (χ2n) is 4.74. The van der Waals surface area contributed by atoms with E-state index in [4.69, 9.17) is 5.11 Å². The van der Waals surface area contributed by atoms with Crippen molar-refractivity contribution < 1.29 is 9.90 Å². The van der Waals surface area contributed by atoms with Gasteiger partial charge in [-0.1, -0.05) is 13.8 Å². The molecule has 1 saturated heterocycles. The molecule has 1 unspecified atom stereocenters. The SMILES string of the molecule is CC(C)CN1CCC(NCCC(=O)O)C1. The molecule has 1 aliphatic heterocycles. The minimum absolute atomic E-state index is 0.223. The number of nitrogens with zero attached hydrogens (tertiary/aromatic N) is 1. The van der Waals surface area contributed by atoms with Crippen molar-refractivity contribution in [2.75, 3.05) is 26.2 Å². The van der Waals surface area contributed by atoms with Crippen LogP contribution >= 0.6 is 0 Å². The van der Waals surface area contributed by atoms with E-state index in [2.05, 4.69) is 24.1 Å². The summed E-state index contributed by atoms with van der Waals surface area (Å²) in [5.74, 6) is -0.0118. The van der Waals surface area contributed by atoms with E-state index in [0.29, 0.717) is 18.5 Å². The monoisotopic (exact) mass is 214 g/mol. The fourth-order valence-corrected chi connectivity index (χ4v) is 2.06. The van der Waals surface area contributed by atoms with E-state index in [1.165, 1.54) is 0 Å². The van der Waals surface area contributed by atoms with Gasteiger partial charge in [0.1, 0.15) is 0 Å². The van der Waals surface area contributed by atoms with Gasteiger partial charge in [0.2, 0.25) is 0 Å². The zero-order valence-electron chi connectivity index (χ0n) is 9.70. The first kappa shape index (κ1) is 12.5. The summed E-state index contributed by atoms with van der Waals surface area (Å²) in [5.41, 5.74) is 0. The van der Waals surface area contributed by atoms with Crippen molar-refractivity contribution in [2.24, 2.45) is 5.92 Å². The Morgan fingerprint density at radius 3 is 2.93 bits per heavy atom. The largest absolute Gasteiger partial charge is 0.481 e. The van der Waals surface area contributed by atoms with E-state index < -0.39 is 5.97 Å². The first-order valence-electron chi connectivity index (χ1n) is 5.75. The lowest BCUT2D eigenvalue weighted by Gasteiger charge is -2.18. The molecule has 0 spiro atoms. The normalized spacial score (nSPS) is 22.5. The van der Waals surface area contributed by atoms with Crippen LogP contribution in [-0.4, -0.2) is 48.2 Å². The Kier molecular flexibility index (Phi) is 5.05. The summed E-state index contributed by atoms with van der Waals surface area (Å²) in [6, 6.07) is 0.489. The molecule has 0 amide bonds. The number of hydrogen-bond donors (Lipinski definition) is 2. The number of hydrogen-bond acceptors (Lipinski definition) is 3. The van der Waals surface area contributed by atoms with Gasteiger partial charge in [0.25, 0.3) is 0 Å². The summed E-state index contributed by atoms with van der Waals surface area (Å²) in [7, 11) is 0. The third-order valence-electron chi connectivity index (χ3n) is 2.67. The van der Waals surface area contributed by atoms with E-state index >= 15 is 0 Å². The van der Waals surface area contributed by atoms with E-state index in [-0.39, 0.29) is 6.42 Å². The number of likely N-dealkylation sites (tertiary alicyclic amines) is 1. The van der Waals surface area contributed by atoms with Crippen LogP contribution in [0.5, 0.6) is 0 Å². The van der Waals surface area contributed by atoms with Gasteiger partial charge in [-0.25, -0.2) is 0 Å². The first-order chi connectivity index (χ1) is 7.08. The zero-order chi connectivity index (χ0) is 11.3. The number of carbonyl (C=O) groups is 1. The average molecular weight is 214 g/mol. The molecule has 4 nitrogen and oxygen atoms in total. The van der Waals surface area contributed by atoms with Crippen molar-refractivity contribution in [2.45, 2.75) is 32.7 Å². The van der Waals surface area contributed by atoms with E-state index in [0.717, 1.165) is 26.1 Å². The van der Waals surface area contributed by atoms with Crippen LogP contribution < -0.4 is 5.32 Å². The van der Waals surface area contributed by atoms with Gasteiger partial charge >= 0.3 is 5.97 Å². The minimum Gasteiger partial charge on any atom is -0.481 e. The topological polar surface area (TPSA) is 52.6 Å². The fourth-order valence-electron chi connectivity index (χ4n) is 2.06. The fraction of sp³-hybridized carbons (Fsp3) is 0.909. The number of carboxylic acid groups (broad SMARTS) is 1. The van der Waals surface area contributed by atoms with Gasteiger partial charge in [0.05, 0.1) is 6.42 Å². The van der Waals surface area contributed by atoms with Crippen LogP contribution in [0.3, 0.4) is 0 Å². The van der Waals surface area contributed by atoms with Crippen LogP contribution in [0, 0.1) is 5.92 Å². The van der Waals surface area contributed by atoms with Crippen molar-refractivity contribution in [3.63, 3.8) is 0 Å². The van der Waals surface area contributed by atoms with Crippen LogP contribution in [0.15, 0.2) is 0 Å². The molecular weight excluding hydrogens is 192 g/mol. The summed E-state index contributed by atoms with van der Waals surface area (Å²) >= 11 is 0. The summed E-state index contributed by atoms with van der Waals surface area (Å²) in [6.45, 7) is 8.41. The van der Waals surface area contributed by atoms with Crippen molar-refractivity contribution in [3.05, 3.63) is 0 Å². The summed E-state index contributed by atoms with van der Waals surface area (Å²) < 4.78 is 0. The molecule has 0 aromatic rings. The molecule has 0 aliphatic carbocycles. The van der Waals surface area contributed by atoms with E-state index in [1.54, 1.807) is 0 Å². The number of aliphatic carboxylic acids is 1. The Hall–Kier alpha value is -0.610. The molecule has 0 aromatic carbocycles. The third kappa shape index (κ3) is 5.14. The highest BCUT2D eigenvalue weighted by atomic mass is 16.4. The maximum atomic E-state index is 10.3. The van der Waals surface area contributed by atoms with Crippen molar-refractivity contribution >= 4 is 5.97 Å². The molecule has 1 heterocycles. The number of nitrogens with one attached hydrogen (secondary N) is 1. The highest BCUT2D eigenvalue weighted by molar-refractivity contribution is 5.66.